The number of nitro benzene ring substituents is 1. The topological polar surface area (TPSA) is 99.3 Å². The fourth-order valence-corrected chi connectivity index (χ4v) is 2.77. The van der Waals surface area contributed by atoms with Crippen LogP contribution in [0.4, 0.5) is 24.5 Å². The van der Waals surface area contributed by atoms with Crippen molar-refractivity contribution >= 4 is 17.3 Å². The number of nitrogens with zero attached hydrogens (tertiary/aromatic N) is 3. The van der Waals surface area contributed by atoms with Crippen LogP contribution in [0.25, 0.3) is 0 Å². The Bertz CT molecular complexity index is 906. The summed E-state index contributed by atoms with van der Waals surface area (Å²) in [6.07, 6.45) is -3.16. The maximum absolute atomic E-state index is 12.9. The van der Waals surface area contributed by atoms with Crippen molar-refractivity contribution in [3.63, 3.8) is 0 Å². The summed E-state index contributed by atoms with van der Waals surface area (Å²) in [5.41, 5.74) is -0.893. The van der Waals surface area contributed by atoms with E-state index >= 15 is 0 Å². The first kappa shape index (κ1) is 19.6. The molecule has 2 aromatic rings. The predicted molar refractivity (Wildman–Crippen MR) is 92.1 cm³/mol. The van der Waals surface area contributed by atoms with Gasteiger partial charge in [-0.15, -0.1) is 0 Å². The third-order valence-electron chi connectivity index (χ3n) is 4.32. The number of hydrogen-bond donors (Lipinski definition) is 1. The summed E-state index contributed by atoms with van der Waals surface area (Å²) < 4.78 is 44.8. The number of aryl methyl sites for hydroxylation is 1. The van der Waals surface area contributed by atoms with Gasteiger partial charge in [-0.3, -0.25) is 19.6 Å². The zero-order valence-corrected chi connectivity index (χ0v) is 14.8. The molecule has 150 valence electrons. The summed E-state index contributed by atoms with van der Waals surface area (Å²) in [5.74, 6) is -0.289. The molecule has 11 heteroatoms. The number of methoxy groups -OCH3 is 1. The van der Waals surface area contributed by atoms with Crippen molar-refractivity contribution in [3.05, 3.63) is 45.8 Å². The Morgan fingerprint density at radius 2 is 2.11 bits per heavy atom. The summed E-state index contributed by atoms with van der Waals surface area (Å²) in [4.78, 5) is 22.7. The average molecular weight is 398 g/mol. The Morgan fingerprint density at radius 3 is 2.68 bits per heavy atom. The number of hydrogen-bond acceptors (Lipinski definition) is 5. The first-order valence-electron chi connectivity index (χ1n) is 8.46. The van der Waals surface area contributed by atoms with Gasteiger partial charge in [0.05, 0.1) is 18.1 Å². The summed E-state index contributed by atoms with van der Waals surface area (Å²) in [6.45, 7) is -0.0578. The van der Waals surface area contributed by atoms with Gasteiger partial charge in [0.2, 0.25) is 5.91 Å². The Balaban J connectivity index is 1.70. The van der Waals surface area contributed by atoms with Crippen molar-refractivity contribution in [1.82, 2.24) is 9.78 Å². The summed E-state index contributed by atoms with van der Waals surface area (Å²) in [7, 11) is 1.36. The van der Waals surface area contributed by atoms with Crippen LogP contribution in [0.2, 0.25) is 0 Å². The molecule has 0 saturated heterocycles. The molecule has 8 nitrogen and oxygen atoms in total. The normalized spacial score (nSPS) is 14.0. The SMILES string of the molecule is COc1ccc(NC(=O)CCn2nc(C(F)(F)F)cc2C2CC2)c([N+](=O)[O-])c1. The van der Waals surface area contributed by atoms with Gasteiger partial charge in [0, 0.05) is 24.6 Å². The van der Waals surface area contributed by atoms with Crippen molar-refractivity contribution in [2.75, 3.05) is 12.4 Å². The van der Waals surface area contributed by atoms with E-state index in [4.69, 9.17) is 4.74 Å². The molecule has 3 rings (SSSR count). The molecule has 1 heterocycles. The van der Waals surface area contributed by atoms with Crippen molar-refractivity contribution in [2.45, 2.75) is 37.9 Å². The number of amides is 1. The Morgan fingerprint density at radius 1 is 1.39 bits per heavy atom. The van der Waals surface area contributed by atoms with Crippen LogP contribution in [0.5, 0.6) is 5.75 Å². The van der Waals surface area contributed by atoms with Crippen LogP contribution < -0.4 is 10.1 Å². The summed E-state index contributed by atoms with van der Waals surface area (Å²) >= 11 is 0. The fraction of sp³-hybridized carbons (Fsp3) is 0.412. The van der Waals surface area contributed by atoms with E-state index < -0.39 is 22.7 Å². The molecule has 0 aliphatic heterocycles. The molecular formula is C17H17F3N4O4. The lowest BCUT2D eigenvalue weighted by atomic mass is 10.2. The molecule has 0 bridgehead atoms. The molecular weight excluding hydrogens is 381 g/mol. The molecule has 1 aromatic heterocycles. The van der Waals surface area contributed by atoms with E-state index in [-0.39, 0.29) is 36.0 Å². The number of carbonyl (C=O) groups is 1. The number of nitrogens with one attached hydrogen (secondary N) is 1. The minimum atomic E-state index is -4.55. The molecule has 1 aromatic carbocycles. The lowest BCUT2D eigenvalue weighted by Crippen LogP contribution is -2.17. The molecule has 0 radical (unpaired) electrons. The minimum absolute atomic E-state index is 0.0188. The number of carbonyl (C=O) groups excluding carboxylic acids is 1. The van der Waals surface area contributed by atoms with E-state index in [2.05, 4.69) is 10.4 Å². The van der Waals surface area contributed by atoms with E-state index in [0.717, 1.165) is 18.9 Å². The second kappa shape index (κ2) is 7.49. The van der Waals surface area contributed by atoms with Crippen LogP contribution in [0.3, 0.4) is 0 Å². The van der Waals surface area contributed by atoms with Crippen LogP contribution in [-0.4, -0.2) is 27.7 Å². The van der Waals surface area contributed by atoms with Gasteiger partial charge < -0.3 is 10.1 Å². The smallest absolute Gasteiger partial charge is 0.435 e. The highest BCUT2D eigenvalue weighted by Crippen LogP contribution is 2.42. The van der Waals surface area contributed by atoms with Gasteiger partial charge >= 0.3 is 6.18 Å². The number of alkyl halides is 3. The van der Waals surface area contributed by atoms with Crippen molar-refractivity contribution in [2.24, 2.45) is 0 Å². The first-order chi connectivity index (χ1) is 13.2. The molecule has 0 unspecified atom stereocenters. The van der Waals surface area contributed by atoms with E-state index in [1.807, 2.05) is 0 Å². The maximum atomic E-state index is 12.9. The van der Waals surface area contributed by atoms with Crippen LogP contribution in [0, 0.1) is 10.1 Å². The van der Waals surface area contributed by atoms with Gasteiger partial charge in [0.15, 0.2) is 5.69 Å². The van der Waals surface area contributed by atoms with Crippen molar-refractivity contribution < 1.29 is 27.6 Å². The van der Waals surface area contributed by atoms with E-state index in [1.54, 1.807) is 0 Å². The largest absolute Gasteiger partial charge is 0.496 e. The molecule has 1 fully saturated rings. The number of aromatic nitrogens is 2. The monoisotopic (exact) mass is 398 g/mol. The van der Waals surface area contributed by atoms with Gasteiger partial charge in [0.1, 0.15) is 11.4 Å². The lowest BCUT2D eigenvalue weighted by Gasteiger charge is -2.09. The molecule has 28 heavy (non-hydrogen) atoms. The van der Waals surface area contributed by atoms with E-state index in [9.17, 15) is 28.1 Å². The van der Waals surface area contributed by atoms with Crippen molar-refractivity contribution in [1.29, 1.82) is 0 Å². The second-order valence-corrected chi connectivity index (χ2v) is 6.39. The Labute approximate surface area is 157 Å². The Hall–Kier alpha value is -3.11. The van der Waals surface area contributed by atoms with Crippen LogP contribution in [0.1, 0.15) is 36.6 Å². The number of rotatable bonds is 7. The van der Waals surface area contributed by atoms with Crippen molar-refractivity contribution in [3.8, 4) is 5.75 Å². The lowest BCUT2D eigenvalue weighted by molar-refractivity contribution is -0.384. The standard InChI is InChI=1S/C17H17F3N4O4/c1-28-11-4-5-12(14(8-11)24(26)27)21-16(25)6-7-23-13(10-2-3-10)9-15(22-23)17(18,19)20/h4-5,8-10H,2-3,6-7H2,1H3,(H,21,25). The Kier molecular flexibility index (Phi) is 5.25. The molecule has 1 saturated carbocycles. The number of halogens is 3. The molecule has 1 N–H and O–H groups in total. The molecule has 0 atom stereocenters. The zero-order valence-electron chi connectivity index (χ0n) is 14.8. The number of anilines is 1. The van der Waals surface area contributed by atoms with Gasteiger partial charge in [0.25, 0.3) is 5.69 Å². The molecule has 0 spiro atoms. The van der Waals surface area contributed by atoms with Gasteiger partial charge in [-0.2, -0.15) is 18.3 Å². The quantitative estimate of drug-likeness (QED) is 0.566. The number of ether oxygens (including phenoxy) is 1. The number of nitro groups is 1. The van der Waals surface area contributed by atoms with Gasteiger partial charge in [-0.05, 0) is 31.0 Å². The predicted octanol–water partition coefficient (Wildman–Crippen LogP) is 3.72. The minimum Gasteiger partial charge on any atom is -0.496 e. The second-order valence-electron chi connectivity index (χ2n) is 6.39. The molecule has 1 aliphatic carbocycles. The van der Waals surface area contributed by atoms with Crippen LogP contribution in [0.15, 0.2) is 24.3 Å². The van der Waals surface area contributed by atoms with Gasteiger partial charge in [-0.25, -0.2) is 0 Å². The highest BCUT2D eigenvalue weighted by molar-refractivity contribution is 5.93. The summed E-state index contributed by atoms with van der Waals surface area (Å²) in [6, 6.07) is 4.98. The average Bonchev–Trinajstić information content (AvgIpc) is 3.38. The molecule has 1 aliphatic rings. The van der Waals surface area contributed by atoms with E-state index in [1.165, 1.54) is 30.0 Å². The number of benzene rings is 1. The maximum Gasteiger partial charge on any atom is 0.435 e. The summed E-state index contributed by atoms with van der Waals surface area (Å²) in [5, 5.41) is 17.1. The van der Waals surface area contributed by atoms with Gasteiger partial charge in [-0.1, -0.05) is 0 Å². The zero-order chi connectivity index (χ0) is 20.5. The fourth-order valence-electron chi connectivity index (χ4n) is 2.77. The van der Waals surface area contributed by atoms with Crippen LogP contribution in [-0.2, 0) is 17.5 Å². The molecule has 1 amide bonds. The highest BCUT2D eigenvalue weighted by Gasteiger charge is 2.37. The first-order valence-corrected chi connectivity index (χ1v) is 8.46. The third kappa shape index (κ3) is 4.41. The van der Waals surface area contributed by atoms with E-state index in [0.29, 0.717) is 5.69 Å². The third-order valence-corrected chi connectivity index (χ3v) is 4.32. The van der Waals surface area contributed by atoms with Crippen LogP contribution >= 0.6 is 0 Å². The highest BCUT2D eigenvalue weighted by atomic mass is 19.4.